The Hall–Kier alpha value is -0.910. The molecule has 0 radical (unpaired) electrons. The number of hydrogen-bond acceptors (Lipinski definition) is 1. The van der Waals surface area contributed by atoms with Gasteiger partial charge in [-0.2, -0.15) is 13.2 Å². The van der Waals surface area contributed by atoms with E-state index in [4.69, 9.17) is 0 Å². The molecule has 0 fully saturated rings. The molecule has 15 heavy (non-hydrogen) atoms. The minimum Gasteiger partial charge on any atom is -0.302 e. The Balaban J connectivity index is 3.22. The van der Waals surface area contributed by atoms with Gasteiger partial charge in [-0.05, 0) is 17.7 Å². The number of benzene rings is 1. The lowest BCUT2D eigenvalue weighted by Crippen LogP contribution is -2.09. The van der Waals surface area contributed by atoms with Crippen molar-refractivity contribution in [3.8, 4) is 0 Å². The zero-order valence-electron chi connectivity index (χ0n) is 7.18. The third-order valence-electron chi connectivity index (χ3n) is 1.73. The van der Waals surface area contributed by atoms with E-state index in [1.807, 2.05) is 0 Å². The second-order valence-corrected chi connectivity index (χ2v) is 3.76. The first-order chi connectivity index (χ1) is 6.86. The van der Waals surface area contributed by atoms with E-state index in [-0.39, 0.29) is 5.56 Å². The molecule has 1 aromatic carbocycles. The van der Waals surface area contributed by atoms with Crippen LogP contribution in [0.4, 0.5) is 17.6 Å². The molecule has 1 unspecified atom stereocenters. The lowest BCUT2D eigenvalue weighted by atomic mass is 10.1. The Morgan fingerprint density at radius 2 is 1.93 bits per heavy atom. The highest BCUT2D eigenvalue weighted by Crippen LogP contribution is 2.33. The maximum Gasteiger partial charge on any atom is 0.419 e. The second kappa shape index (κ2) is 4.30. The summed E-state index contributed by atoms with van der Waals surface area (Å²) >= 11 is 2.85. The molecule has 0 N–H and O–H groups in total. The molecule has 1 nitrogen and oxygen atoms in total. The molecule has 1 aromatic rings. The van der Waals surface area contributed by atoms with Crippen LogP contribution in [-0.2, 0) is 11.0 Å². The molecular weight excluding hydrogens is 280 g/mol. The predicted octanol–water partition coefficient (Wildman–Crippen LogP) is 3.48. The SMILES string of the molecule is O=CC(Br)c1ccc(F)c(C(F)(F)F)c1. The average molecular weight is 285 g/mol. The van der Waals surface area contributed by atoms with Gasteiger partial charge in [0.1, 0.15) is 12.1 Å². The first-order valence-electron chi connectivity index (χ1n) is 3.82. The van der Waals surface area contributed by atoms with Crippen molar-refractivity contribution in [1.82, 2.24) is 0 Å². The van der Waals surface area contributed by atoms with Crippen LogP contribution in [0.1, 0.15) is 16.0 Å². The van der Waals surface area contributed by atoms with Crippen molar-refractivity contribution < 1.29 is 22.4 Å². The van der Waals surface area contributed by atoms with E-state index in [2.05, 4.69) is 15.9 Å². The van der Waals surface area contributed by atoms with Crippen LogP contribution in [0.3, 0.4) is 0 Å². The maximum absolute atomic E-state index is 12.8. The minimum atomic E-state index is -4.75. The zero-order valence-corrected chi connectivity index (χ0v) is 8.77. The highest BCUT2D eigenvalue weighted by Gasteiger charge is 2.34. The molecule has 82 valence electrons. The summed E-state index contributed by atoms with van der Waals surface area (Å²) in [7, 11) is 0. The van der Waals surface area contributed by atoms with Crippen molar-refractivity contribution >= 4 is 22.2 Å². The number of alkyl halides is 4. The Bertz CT molecular complexity index is 375. The molecule has 0 saturated heterocycles. The second-order valence-electron chi connectivity index (χ2n) is 2.77. The molecule has 0 spiro atoms. The van der Waals surface area contributed by atoms with Gasteiger partial charge >= 0.3 is 6.18 Å². The third-order valence-corrected chi connectivity index (χ3v) is 2.48. The molecule has 1 atom stereocenters. The molecule has 1 rings (SSSR count). The van der Waals surface area contributed by atoms with Gasteiger partial charge < -0.3 is 4.79 Å². The summed E-state index contributed by atoms with van der Waals surface area (Å²) in [5.74, 6) is -1.35. The quantitative estimate of drug-likeness (QED) is 0.462. The van der Waals surface area contributed by atoms with E-state index in [1.165, 1.54) is 0 Å². The largest absolute Gasteiger partial charge is 0.419 e. The van der Waals surface area contributed by atoms with Crippen LogP contribution in [0.2, 0.25) is 0 Å². The summed E-state index contributed by atoms with van der Waals surface area (Å²) in [5, 5.41) is 0. The van der Waals surface area contributed by atoms with Crippen LogP contribution in [-0.4, -0.2) is 6.29 Å². The van der Waals surface area contributed by atoms with Crippen molar-refractivity contribution in [1.29, 1.82) is 0 Å². The summed E-state index contributed by atoms with van der Waals surface area (Å²) < 4.78 is 49.6. The fourth-order valence-corrected chi connectivity index (χ4v) is 1.30. The predicted molar refractivity (Wildman–Crippen MR) is 49.1 cm³/mol. The van der Waals surface area contributed by atoms with Crippen LogP contribution >= 0.6 is 15.9 Å². The van der Waals surface area contributed by atoms with Gasteiger partial charge in [-0.15, -0.1) is 0 Å². The highest BCUT2D eigenvalue weighted by atomic mass is 79.9. The summed E-state index contributed by atoms with van der Waals surface area (Å²) in [4.78, 5) is 9.47. The van der Waals surface area contributed by atoms with Crippen molar-refractivity contribution in [2.24, 2.45) is 0 Å². The van der Waals surface area contributed by atoms with Gasteiger partial charge in [0.15, 0.2) is 0 Å². The smallest absolute Gasteiger partial charge is 0.302 e. The normalized spacial score (nSPS) is 13.7. The van der Waals surface area contributed by atoms with Crippen molar-refractivity contribution in [3.05, 3.63) is 35.1 Å². The Morgan fingerprint density at radius 3 is 2.40 bits per heavy atom. The molecule has 0 heterocycles. The van der Waals surface area contributed by atoms with E-state index in [9.17, 15) is 22.4 Å². The van der Waals surface area contributed by atoms with Crippen LogP contribution in [0.15, 0.2) is 18.2 Å². The van der Waals surface area contributed by atoms with Gasteiger partial charge in [0.25, 0.3) is 0 Å². The fourth-order valence-electron chi connectivity index (χ4n) is 1.01. The van der Waals surface area contributed by atoms with Gasteiger partial charge in [-0.25, -0.2) is 4.39 Å². The monoisotopic (exact) mass is 284 g/mol. The van der Waals surface area contributed by atoms with E-state index >= 15 is 0 Å². The van der Waals surface area contributed by atoms with Gasteiger partial charge in [-0.3, -0.25) is 0 Å². The molecule has 0 aliphatic carbocycles. The minimum absolute atomic E-state index is 0.0683. The maximum atomic E-state index is 12.8. The van der Waals surface area contributed by atoms with Gasteiger partial charge in [-0.1, -0.05) is 22.0 Å². The van der Waals surface area contributed by atoms with E-state index in [0.717, 1.165) is 6.07 Å². The molecule has 0 amide bonds. The van der Waals surface area contributed by atoms with Crippen molar-refractivity contribution in [2.75, 3.05) is 0 Å². The van der Waals surface area contributed by atoms with Crippen LogP contribution in [0, 0.1) is 5.82 Å². The topological polar surface area (TPSA) is 17.1 Å². The Labute approximate surface area is 91.2 Å². The van der Waals surface area contributed by atoms with E-state index in [0.29, 0.717) is 18.4 Å². The van der Waals surface area contributed by atoms with E-state index < -0.39 is 22.4 Å². The van der Waals surface area contributed by atoms with Gasteiger partial charge in [0, 0.05) is 0 Å². The van der Waals surface area contributed by atoms with E-state index in [1.54, 1.807) is 0 Å². The fraction of sp³-hybridized carbons (Fsp3) is 0.222. The number of carbonyl (C=O) groups excluding carboxylic acids is 1. The lowest BCUT2D eigenvalue weighted by Gasteiger charge is -2.10. The van der Waals surface area contributed by atoms with Crippen LogP contribution in [0.25, 0.3) is 0 Å². The lowest BCUT2D eigenvalue weighted by molar-refractivity contribution is -0.140. The number of carbonyl (C=O) groups is 1. The summed E-state index contributed by atoms with van der Waals surface area (Å²) in [6, 6.07) is 2.43. The standard InChI is InChI=1S/C9H5BrF4O/c10-7(4-15)5-1-2-8(11)6(3-5)9(12,13)14/h1-4,7H. The molecule has 0 bridgehead atoms. The summed E-state index contributed by atoms with van der Waals surface area (Å²) in [5.41, 5.74) is -1.30. The van der Waals surface area contributed by atoms with Crippen LogP contribution < -0.4 is 0 Å². The average Bonchev–Trinajstić information content (AvgIpc) is 2.15. The summed E-state index contributed by atoms with van der Waals surface area (Å²) in [6.07, 6.45) is -4.33. The number of hydrogen-bond donors (Lipinski definition) is 0. The van der Waals surface area contributed by atoms with Gasteiger partial charge in [0.05, 0.1) is 10.4 Å². The van der Waals surface area contributed by atoms with Crippen LogP contribution in [0.5, 0.6) is 0 Å². The molecule has 0 saturated carbocycles. The Morgan fingerprint density at radius 1 is 1.33 bits per heavy atom. The van der Waals surface area contributed by atoms with Crippen molar-refractivity contribution in [3.63, 3.8) is 0 Å². The molecule has 6 heteroatoms. The molecular formula is C9H5BrF4O. The zero-order chi connectivity index (χ0) is 11.6. The number of halogens is 5. The number of rotatable bonds is 2. The first kappa shape index (κ1) is 12.2. The molecule has 0 aromatic heterocycles. The third kappa shape index (κ3) is 2.77. The molecule has 0 aliphatic heterocycles. The first-order valence-corrected chi connectivity index (χ1v) is 4.74. The number of aldehydes is 1. The summed E-state index contributed by atoms with van der Waals surface area (Å²) in [6.45, 7) is 0. The van der Waals surface area contributed by atoms with Gasteiger partial charge in [0.2, 0.25) is 0 Å². The highest BCUT2D eigenvalue weighted by molar-refractivity contribution is 9.09. The molecule has 0 aliphatic rings. The van der Waals surface area contributed by atoms with Crippen molar-refractivity contribution in [2.45, 2.75) is 11.0 Å². The Kier molecular flexibility index (Phi) is 3.49.